The molecule has 0 aliphatic heterocycles. The summed E-state index contributed by atoms with van der Waals surface area (Å²) in [5.41, 5.74) is 3.21. The van der Waals surface area contributed by atoms with Crippen LogP contribution in [0.15, 0.2) is 97.1 Å². The van der Waals surface area contributed by atoms with Gasteiger partial charge in [-0.3, -0.25) is 0 Å². The van der Waals surface area contributed by atoms with Crippen LogP contribution < -0.4 is 9.20 Å². The first-order valence-electron chi connectivity index (χ1n) is 13.4. The minimum atomic E-state index is -4.35. The van der Waals surface area contributed by atoms with Gasteiger partial charge in [-0.25, -0.2) is 0 Å². The van der Waals surface area contributed by atoms with Crippen LogP contribution >= 0.6 is 0 Å². The van der Waals surface area contributed by atoms with Gasteiger partial charge in [-0.1, -0.05) is 0 Å². The number of aryl methyl sites for hydroxylation is 1. The fourth-order valence-corrected chi connectivity index (χ4v) is 7.10. The van der Waals surface area contributed by atoms with Crippen molar-refractivity contribution in [3.8, 4) is 16.9 Å². The molecule has 0 aromatic heterocycles. The number of carbonyl (C=O) groups is 1. The van der Waals surface area contributed by atoms with Gasteiger partial charge in [-0.15, -0.1) is 0 Å². The first-order chi connectivity index (χ1) is 19.5. The molecule has 214 valence electrons. The van der Waals surface area contributed by atoms with E-state index in [1.807, 2.05) is 43.3 Å². The van der Waals surface area contributed by atoms with E-state index in [9.17, 15) is 18.0 Å². The summed E-state index contributed by atoms with van der Waals surface area (Å²) in [5.74, 6) is 0.235. The van der Waals surface area contributed by atoms with Gasteiger partial charge in [-0.05, 0) is 0 Å². The minimum absolute atomic E-state index is 0.0612. The maximum atomic E-state index is 13.0. The van der Waals surface area contributed by atoms with Gasteiger partial charge in [0.25, 0.3) is 0 Å². The number of rotatable bonds is 10. The summed E-state index contributed by atoms with van der Waals surface area (Å²) < 4.78 is 51.3. The molecule has 0 aliphatic rings. The summed E-state index contributed by atoms with van der Waals surface area (Å²) in [4.78, 5) is 12.5. The van der Waals surface area contributed by atoms with Crippen molar-refractivity contribution in [2.45, 2.75) is 50.7 Å². The Morgan fingerprint density at radius 2 is 1.46 bits per heavy atom. The fourth-order valence-electron chi connectivity index (χ4n) is 4.39. The number of alkyl halides is 3. The Bertz CT molecular complexity index is 1450. The summed E-state index contributed by atoms with van der Waals surface area (Å²) in [6.07, 6.45) is -3.50. The van der Waals surface area contributed by atoms with Crippen molar-refractivity contribution in [1.29, 1.82) is 0 Å². The predicted molar refractivity (Wildman–Crippen MR) is 158 cm³/mol. The molecule has 0 fully saturated rings. The zero-order chi connectivity index (χ0) is 29.6. The Labute approximate surface area is 245 Å². The number of hydrogen-bond acceptors (Lipinski definition) is 3. The molecule has 0 bridgehead atoms. The van der Waals surface area contributed by atoms with E-state index < -0.39 is 23.3 Å². The van der Waals surface area contributed by atoms with Crippen LogP contribution in [0.2, 0.25) is 0 Å². The number of esters is 1. The summed E-state index contributed by atoms with van der Waals surface area (Å²) in [6, 6.07) is 29.8. The number of halogens is 3. The maximum absolute atomic E-state index is 13.0. The SMILES string of the molecule is CCOC(=O)C(C)(C)Oc1ccc([Se]C(Cc2ccccc2)c2ccc(-c3ccc(C(F)(F)F)cc3)cc2)cc1C. The van der Waals surface area contributed by atoms with Crippen LogP contribution in [0.1, 0.15) is 47.8 Å². The first-order valence-corrected chi connectivity index (χ1v) is 15.3. The number of benzene rings is 4. The summed E-state index contributed by atoms with van der Waals surface area (Å²) in [7, 11) is 0. The Morgan fingerprint density at radius 3 is 2.02 bits per heavy atom. The molecule has 4 aromatic rings. The zero-order valence-corrected chi connectivity index (χ0v) is 25.2. The van der Waals surface area contributed by atoms with Gasteiger partial charge in [-0.2, -0.15) is 0 Å². The molecule has 0 aliphatic carbocycles. The van der Waals surface area contributed by atoms with Crippen molar-refractivity contribution in [2.75, 3.05) is 6.61 Å². The van der Waals surface area contributed by atoms with Gasteiger partial charge < -0.3 is 0 Å². The molecule has 4 aromatic carbocycles. The van der Waals surface area contributed by atoms with E-state index in [0.29, 0.717) is 12.4 Å². The van der Waals surface area contributed by atoms with E-state index >= 15 is 0 Å². The quantitative estimate of drug-likeness (QED) is 0.134. The van der Waals surface area contributed by atoms with E-state index in [0.717, 1.165) is 35.2 Å². The normalized spacial score (nSPS) is 12.6. The van der Waals surface area contributed by atoms with Gasteiger partial charge in [0.2, 0.25) is 0 Å². The fraction of sp³-hybridized carbons (Fsp3) is 0.265. The molecule has 41 heavy (non-hydrogen) atoms. The van der Waals surface area contributed by atoms with Gasteiger partial charge >= 0.3 is 246 Å². The van der Waals surface area contributed by atoms with E-state index in [1.165, 1.54) is 27.7 Å². The molecule has 4 rings (SSSR count). The van der Waals surface area contributed by atoms with Crippen LogP contribution in [-0.2, 0) is 22.1 Å². The molecule has 1 unspecified atom stereocenters. The molecule has 0 N–H and O–H groups in total. The van der Waals surface area contributed by atoms with Crippen molar-refractivity contribution in [3.05, 3.63) is 119 Å². The topological polar surface area (TPSA) is 35.5 Å². The third kappa shape index (κ3) is 8.02. The van der Waals surface area contributed by atoms with Crippen molar-refractivity contribution >= 4 is 25.4 Å². The van der Waals surface area contributed by atoms with E-state index in [-0.39, 0.29) is 19.8 Å². The van der Waals surface area contributed by atoms with Crippen LogP contribution in [0.4, 0.5) is 13.2 Å². The van der Waals surface area contributed by atoms with E-state index in [1.54, 1.807) is 20.8 Å². The molecule has 7 heteroatoms. The van der Waals surface area contributed by atoms with Crippen molar-refractivity contribution in [1.82, 2.24) is 0 Å². The van der Waals surface area contributed by atoms with E-state index in [4.69, 9.17) is 9.47 Å². The molecule has 1 atom stereocenters. The third-order valence-corrected chi connectivity index (χ3v) is 9.27. The summed E-state index contributed by atoms with van der Waals surface area (Å²) in [5, 5.41) is 0. The summed E-state index contributed by atoms with van der Waals surface area (Å²) in [6.45, 7) is 7.44. The molecule has 0 radical (unpaired) electrons. The van der Waals surface area contributed by atoms with Gasteiger partial charge in [0, 0.05) is 0 Å². The molecule has 3 nitrogen and oxygen atoms in total. The Kier molecular flexibility index (Phi) is 9.62. The van der Waals surface area contributed by atoms with Crippen LogP contribution in [-0.4, -0.2) is 33.1 Å². The molecule has 0 saturated heterocycles. The molecule has 0 saturated carbocycles. The zero-order valence-electron chi connectivity index (χ0n) is 23.5. The van der Waals surface area contributed by atoms with Crippen LogP contribution in [0.3, 0.4) is 0 Å². The second kappa shape index (κ2) is 13.0. The monoisotopic (exact) mass is 626 g/mol. The molecule has 0 amide bonds. The van der Waals surface area contributed by atoms with Gasteiger partial charge in [0.15, 0.2) is 0 Å². The average Bonchev–Trinajstić information content (AvgIpc) is 2.94. The van der Waals surface area contributed by atoms with Gasteiger partial charge in [0.1, 0.15) is 0 Å². The second-order valence-electron chi connectivity index (χ2n) is 10.3. The van der Waals surface area contributed by atoms with Crippen molar-refractivity contribution in [2.24, 2.45) is 0 Å². The van der Waals surface area contributed by atoms with E-state index in [2.05, 4.69) is 36.4 Å². The van der Waals surface area contributed by atoms with Gasteiger partial charge in [0.05, 0.1) is 0 Å². The number of ether oxygens (including phenoxy) is 2. The molecule has 0 heterocycles. The van der Waals surface area contributed by atoms with Crippen molar-refractivity contribution in [3.63, 3.8) is 0 Å². The average molecular weight is 626 g/mol. The second-order valence-corrected chi connectivity index (χ2v) is 12.9. The molecular formula is C34H33F3O3Se. The standard InChI is InChI=1S/C34H33F3O3Se/c1-5-39-32(38)33(3,4)40-30-20-19-29(21-23(30)2)41-31(22-24-9-7-6-8-10-24)27-13-11-25(12-14-27)26-15-17-28(18-16-26)34(35,36)37/h6-21,31H,5,22H2,1-4H3. The molecular weight excluding hydrogens is 592 g/mol. The first kappa shape index (κ1) is 30.4. The van der Waals surface area contributed by atoms with Crippen LogP contribution in [0.5, 0.6) is 5.75 Å². The third-order valence-electron chi connectivity index (χ3n) is 6.65. The predicted octanol–water partition coefficient (Wildman–Crippen LogP) is 7.71. The van der Waals surface area contributed by atoms with Crippen LogP contribution in [0, 0.1) is 6.92 Å². The number of hydrogen-bond donors (Lipinski definition) is 0. The Hall–Kier alpha value is -3.54. The number of carbonyl (C=O) groups excluding carboxylic acids is 1. The Morgan fingerprint density at radius 1 is 0.854 bits per heavy atom. The Balaban J connectivity index is 1.56. The summed E-state index contributed by atoms with van der Waals surface area (Å²) >= 11 is 0.0612. The molecule has 0 spiro atoms. The van der Waals surface area contributed by atoms with Crippen molar-refractivity contribution < 1.29 is 27.4 Å². The van der Waals surface area contributed by atoms with Crippen LogP contribution in [0.25, 0.3) is 11.1 Å².